The number of H-pyrrole nitrogens is 1. The average molecular weight is 679 g/mol. The Balaban J connectivity index is 1.74. The Hall–Kier alpha value is -5.16. The fourth-order valence-corrected chi connectivity index (χ4v) is 6.35. The molecule has 17 heteroatoms. The van der Waals surface area contributed by atoms with Gasteiger partial charge in [-0.05, 0) is 54.6 Å². The molecule has 5 aromatic rings. The molecular weight excluding hydrogens is 656 g/mol. The van der Waals surface area contributed by atoms with Gasteiger partial charge in [-0.1, -0.05) is 12.1 Å². The topological polar surface area (TPSA) is 156 Å². The Kier molecular flexibility index (Phi) is 8.64. The summed E-state index contributed by atoms with van der Waals surface area (Å²) in [4.78, 5) is 28.9. The number of aromatic amines is 1. The number of sulfonamides is 2. The number of nitrogens with zero attached hydrogens (tertiary/aromatic N) is 1. The number of benzene rings is 3. The number of hydrogen-bond acceptors (Lipinski definition) is 7. The van der Waals surface area contributed by atoms with Gasteiger partial charge in [0.25, 0.3) is 21.5 Å². The number of amides is 1. The zero-order chi connectivity index (χ0) is 33.4. The highest BCUT2D eigenvalue weighted by Crippen LogP contribution is 2.37. The third kappa shape index (κ3) is 6.89. The molecule has 0 aliphatic carbocycles. The van der Waals surface area contributed by atoms with Crippen LogP contribution in [0.1, 0.15) is 16.1 Å². The van der Waals surface area contributed by atoms with E-state index in [-0.39, 0.29) is 39.0 Å². The van der Waals surface area contributed by atoms with Crippen LogP contribution >= 0.6 is 0 Å². The zero-order valence-corrected chi connectivity index (χ0v) is 25.1. The Morgan fingerprint density at radius 1 is 0.978 bits per heavy atom. The van der Waals surface area contributed by atoms with Crippen LogP contribution in [0.2, 0.25) is 0 Å². The van der Waals surface area contributed by atoms with Crippen molar-refractivity contribution in [2.75, 3.05) is 11.0 Å². The van der Waals surface area contributed by atoms with Crippen molar-refractivity contribution in [1.82, 2.24) is 14.3 Å². The van der Waals surface area contributed by atoms with Gasteiger partial charge < -0.3 is 14.3 Å². The van der Waals surface area contributed by atoms with E-state index >= 15 is 0 Å². The van der Waals surface area contributed by atoms with E-state index in [9.17, 15) is 44.0 Å². The fourth-order valence-electron chi connectivity index (χ4n) is 4.79. The van der Waals surface area contributed by atoms with E-state index in [1.165, 1.54) is 36.5 Å². The molecule has 0 unspecified atom stereocenters. The van der Waals surface area contributed by atoms with Gasteiger partial charge in [-0.3, -0.25) is 14.3 Å². The summed E-state index contributed by atoms with van der Waals surface area (Å²) < 4.78 is 115. The minimum atomic E-state index is -4.74. The van der Waals surface area contributed by atoms with Gasteiger partial charge in [0, 0.05) is 45.5 Å². The van der Waals surface area contributed by atoms with Crippen molar-refractivity contribution in [1.29, 1.82) is 0 Å². The molecule has 0 saturated heterocycles. The molecular formula is C29H22F4N4O7S2. The van der Waals surface area contributed by atoms with Crippen LogP contribution in [-0.2, 0) is 26.6 Å². The largest absolute Gasteiger partial charge is 0.435 e. The van der Waals surface area contributed by atoms with Gasteiger partial charge in [-0.2, -0.15) is 8.78 Å². The van der Waals surface area contributed by atoms with Gasteiger partial charge in [0.05, 0.1) is 17.7 Å². The number of alkyl halides is 2. The maximum atomic E-state index is 14.9. The molecule has 240 valence electrons. The number of halogens is 4. The first-order chi connectivity index (χ1) is 21.6. The molecule has 2 aromatic heterocycles. The van der Waals surface area contributed by atoms with Crippen LogP contribution in [0.4, 0.5) is 23.2 Å². The highest BCUT2D eigenvalue weighted by atomic mass is 32.2. The minimum Gasteiger partial charge on any atom is -0.435 e. The standard InChI is InChI=1S/C29H22F4N4O7S2/c1-45(40,41)35-18-4-2-5-20(13-18)46(42,43)36-28(39)26-25(21-6-3-11-34-27(21)38)22-14-19(44-29(32)33)9-10-24(22)37(26)15-16-7-8-17(30)12-23(16)31/h2-14,29,35H,15H2,1H3,(H,34,38)(H,36,39). The third-order valence-corrected chi connectivity index (χ3v) is 8.52. The van der Waals surface area contributed by atoms with Gasteiger partial charge in [0.2, 0.25) is 10.0 Å². The number of pyridine rings is 1. The molecule has 1 amide bonds. The lowest BCUT2D eigenvalue weighted by Crippen LogP contribution is -2.33. The maximum Gasteiger partial charge on any atom is 0.387 e. The normalized spacial score (nSPS) is 12.0. The Morgan fingerprint density at radius 3 is 2.41 bits per heavy atom. The van der Waals surface area contributed by atoms with E-state index in [1.807, 2.05) is 4.72 Å². The second-order valence-corrected chi connectivity index (χ2v) is 13.3. The summed E-state index contributed by atoms with van der Waals surface area (Å²) in [6.45, 7) is -3.74. The third-order valence-electron chi connectivity index (χ3n) is 6.58. The predicted molar refractivity (Wildman–Crippen MR) is 160 cm³/mol. The number of fused-ring (bicyclic) bond motifs is 1. The Morgan fingerprint density at radius 2 is 1.74 bits per heavy atom. The first kappa shape index (κ1) is 32.2. The van der Waals surface area contributed by atoms with Crippen molar-refractivity contribution in [2.45, 2.75) is 18.1 Å². The lowest BCUT2D eigenvalue weighted by atomic mass is 10.0. The Bertz CT molecular complexity index is 2270. The van der Waals surface area contributed by atoms with Crippen LogP contribution in [0.5, 0.6) is 5.75 Å². The van der Waals surface area contributed by atoms with Crippen LogP contribution in [-0.4, -0.2) is 45.2 Å². The molecule has 0 spiro atoms. The van der Waals surface area contributed by atoms with Crippen molar-refractivity contribution in [3.8, 4) is 16.9 Å². The van der Waals surface area contributed by atoms with E-state index in [1.54, 1.807) is 0 Å². The summed E-state index contributed by atoms with van der Waals surface area (Å²) >= 11 is 0. The number of hydrogen-bond donors (Lipinski definition) is 3. The van der Waals surface area contributed by atoms with Crippen molar-refractivity contribution >= 4 is 42.5 Å². The molecule has 3 N–H and O–H groups in total. The molecule has 0 fully saturated rings. The van der Waals surface area contributed by atoms with Crippen LogP contribution in [0.25, 0.3) is 22.0 Å². The monoisotopic (exact) mass is 678 g/mol. The number of nitrogens with one attached hydrogen (secondary N) is 3. The number of anilines is 1. The lowest BCUT2D eigenvalue weighted by molar-refractivity contribution is -0.0497. The van der Waals surface area contributed by atoms with E-state index in [2.05, 4.69) is 14.4 Å². The van der Waals surface area contributed by atoms with Crippen molar-refractivity contribution in [2.24, 2.45) is 0 Å². The molecule has 0 aliphatic heterocycles. The van der Waals surface area contributed by atoms with Crippen LogP contribution in [0, 0.1) is 11.6 Å². The van der Waals surface area contributed by atoms with Crippen LogP contribution < -0.4 is 19.7 Å². The summed E-state index contributed by atoms with van der Waals surface area (Å²) in [6.07, 6.45) is 2.13. The first-order valence-electron chi connectivity index (χ1n) is 13.0. The second-order valence-electron chi connectivity index (χ2n) is 9.85. The Labute approximate surface area is 258 Å². The molecule has 5 rings (SSSR count). The van der Waals surface area contributed by atoms with E-state index in [0.29, 0.717) is 6.07 Å². The van der Waals surface area contributed by atoms with Crippen molar-refractivity contribution < 1.29 is 43.9 Å². The SMILES string of the molecule is CS(=O)(=O)Nc1cccc(S(=O)(=O)NC(=O)c2c(-c3ccc[nH]c3=O)c3cc(OC(F)F)ccc3n2Cc2ccc(F)cc2F)c1. The quantitative estimate of drug-likeness (QED) is 0.185. The van der Waals surface area contributed by atoms with Gasteiger partial charge in [-0.25, -0.2) is 30.3 Å². The minimum absolute atomic E-state index is 0.0146. The summed E-state index contributed by atoms with van der Waals surface area (Å²) in [5, 5.41) is -0.0146. The molecule has 0 aliphatic rings. The number of carbonyl (C=O) groups is 1. The summed E-state index contributed by atoms with van der Waals surface area (Å²) in [7, 11) is -8.53. The molecule has 11 nitrogen and oxygen atoms in total. The number of ether oxygens (including phenoxy) is 1. The van der Waals surface area contributed by atoms with Gasteiger partial charge >= 0.3 is 6.61 Å². The molecule has 3 aromatic carbocycles. The maximum absolute atomic E-state index is 14.9. The lowest BCUT2D eigenvalue weighted by Gasteiger charge is -2.14. The first-order valence-corrected chi connectivity index (χ1v) is 16.4. The van der Waals surface area contributed by atoms with Crippen LogP contribution in [0.3, 0.4) is 0 Å². The summed E-state index contributed by atoms with van der Waals surface area (Å²) in [6, 6.07) is 13.4. The summed E-state index contributed by atoms with van der Waals surface area (Å²) in [5.41, 5.74) is -1.82. The average Bonchev–Trinajstić information content (AvgIpc) is 3.26. The van der Waals surface area contributed by atoms with Crippen LogP contribution in [0.15, 0.2) is 88.7 Å². The molecule has 2 heterocycles. The molecule has 0 bridgehead atoms. The van der Waals surface area contributed by atoms with Crippen molar-refractivity contribution in [3.05, 3.63) is 112 Å². The molecule has 46 heavy (non-hydrogen) atoms. The number of aromatic nitrogens is 2. The van der Waals surface area contributed by atoms with Crippen molar-refractivity contribution in [3.63, 3.8) is 0 Å². The second kappa shape index (κ2) is 12.3. The smallest absolute Gasteiger partial charge is 0.387 e. The van der Waals surface area contributed by atoms with Gasteiger partial charge in [0.1, 0.15) is 23.1 Å². The molecule has 0 radical (unpaired) electrons. The van der Waals surface area contributed by atoms with E-state index < -0.39 is 66.9 Å². The molecule has 0 atom stereocenters. The summed E-state index contributed by atoms with van der Waals surface area (Å²) in [5.74, 6) is -3.58. The number of carbonyl (C=O) groups excluding carboxylic acids is 1. The van der Waals surface area contributed by atoms with E-state index in [0.717, 1.165) is 47.2 Å². The fraction of sp³-hybridized carbons (Fsp3) is 0.103. The molecule has 0 saturated carbocycles. The highest BCUT2D eigenvalue weighted by Gasteiger charge is 2.30. The van der Waals surface area contributed by atoms with Gasteiger partial charge in [0.15, 0.2) is 0 Å². The van der Waals surface area contributed by atoms with Gasteiger partial charge in [-0.15, -0.1) is 0 Å². The van der Waals surface area contributed by atoms with E-state index in [4.69, 9.17) is 0 Å². The number of rotatable bonds is 10. The predicted octanol–water partition coefficient (Wildman–Crippen LogP) is 4.41. The zero-order valence-electron chi connectivity index (χ0n) is 23.4. The highest BCUT2D eigenvalue weighted by molar-refractivity contribution is 7.92.